The second-order valence-corrected chi connectivity index (χ2v) is 6.02. The highest BCUT2D eigenvalue weighted by Gasteiger charge is 2.33. The van der Waals surface area contributed by atoms with Gasteiger partial charge in [-0.1, -0.05) is 30.3 Å². The van der Waals surface area contributed by atoms with Gasteiger partial charge in [0.05, 0.1) is 7.11 Å². The third-order valence-corrected chi connectivity index (χ3v) is 4.08. The van der Waals surface area contributed by atoms with E-state index >= 15 is 0 Å². The number of carbonyl (C=O) groups is 1. The Kier molecular flexibility index (Phi) is 4.79. The summed E-state index contributed by atoms with van der Waals surface area (Å²) in [4.78, 5) is 12.2. The predicted octanol–water partition coefficient (Wildman–Crippen LogP) is 2.26. The molecule has 0 spiro atoms. The maximum Gasteiger partial charge on any atom is 0.281 e. The smallest absolute Gasteiger partial charge is 0.281 e. The lowest BCUT2D eigenvalue weighted by Crippen LogP contribution is -2.27. The summed E-state index contributed by atoms with van der Waals surface area (Å²) >= 11 is 0. The quantitative estimate of drug-likeness (QED) is 0.824. The third kappa shape index (κ3) is 3.84. The lowest BCUT2D eigenvalue weighted by Gasteiger charge is -2.15. The Hall–Kier alpha value is -2.38. The molecule has 2 aromatic carbocycles. The van der Waals surface area contributed by atoms with E-state index in [2.05, 4.69) is 5.32 Å². The van der Waals surface area contributed by atoms with Crippen LogP contribution in [0.2, 0.25) is 0 Å². The van der Waals surface area contributed by atoms with Crippen LogP contribution in [0.3, 0.4) is 0 Å². The van der Waals surface area contributed by atoms with Gasteiger partial charge in [0.25, 0.3) is 10.1 Å². The molecule has 0 aromatic heterocycles. The molecular formula is C15H15NO5S. The zero-order chi connectivity index (χ0) is 16.2. The van der Waals surface area contributed by atoms with Gasteiger partial charge < -0.3 is 10.1 Å². The maximum atomic E-state index is 12.2. The van der Waals surface area contributed by atoms with Crippen LogP contribution >= 0.6 is 0 Å². The molecule has 2 rings (SSSR count). The van der Waals surface area contributed by atoms with Crippen LogP contribution in [0.15, 0.2) is 54.6 Å². The van der Waals surface area contributed by atoms with E-state index in [-0.39, 0.29) is 5.56 Å². The van der Waals surface area contributed by atoms with Crippen LogP contribution in [0.4, 0.5) is 5.69 Å². The predicted molar refractivity (Wildman–Crippen MR) is 82.4 cm³/mol. The average Bonchev–Trinajstić information content (AvgIpc) is 2.47. The van der Waals surface area contributed by atoms with Gasteiger partial charge in [0.2, 0.25) is 5.91 Å². The zero-order valence-corrected chi connectivity index (χ0v) is 12.6. The fraction of sp³-hybridized carbons (Fsp3) is 0.133. The van der Waals surface area contributed by atoms with Gasteiger partial charge >= 0.3 is 0 Å². The number of methoxy groups -OCH3 is 1. The Balaban J connectivity index is 2.32. The summed E-state index contributed by atoms with van der Waals surface area (Å²) in [5.41, 5.74) is 0.589. The molecule has 2 N–H and O–H groups in total. The molecule has 7 heteroatoms. The molecule has 2 aromatic rings. The van der Waals surface area contributed by atoms with Gasteiger partial charge in [-0.15, -0.1) is 0 Å². The largest absolute Gasteiger partial charge is 0.497 e. The van der Waals surface area contributed by atoms with Gasteiger partial charge in [0, 0.05) is 5.69 Å². The zero-order valence-electron chi connectivity index (χ0n) is 11.8. The highest BCUT2D eigenvalue weighted by Crippen LogP contribution is 2.25. The molecule has 1 atom stereocenters. The Bertz CT molecular complexity index is 741. The van der Waals surface area contributed by atoms with Crippen LogP contribution in [0.5, 0.6) is 5.75 Å². The van der Waals surface area contributed by atoms with E-state index in [0.29, 0.717) is 11.4 Å². The molecular weight excluding hydrogens is 306 g/mol. The number of hydrogen-bond donors (Lipinski definition) is 2. The monoisotopic (exact) mass is 321 g/mol. The summed E-state index contributed by atoms with van der Waals surface area (Å²) in [5.74, 6) is -0.319. The first-order valence-corrected chi connectivity index (χ1v) is 7.88. The molecule has 1 amide bonds. The van der Waals surface area contributed by atoms with E-state index in [1.807, 2.05) is 0 Å². The second kappa shape index (κ2) is 6.59. The topological polar surface area (TPSA) is 92.7 Å². The molecule has 0 bridgehead atoms. The number of amides is 1. The van der Waals surface area contributed by atoms with Crippen LogP contribution in [0, 0.1) is 0 Å². The molecule has 0 aliphatic heterocycles. The van der Waals surface area contributed by atoms with E-state index in [1.54, 1.807) is 30.3 Å². The summed E-state index contributed by atoms with van der Waals surface area (Å²) < 4.78 is 37.5. The molecule has 6 nitrogen and oxygen atoms in total. The fourth-order valence-corrected chi connectivity index (χ4v) is 2.80. The normalized spacial score (nSPS) is 12.5. The van der Waals surface area contributed by atoms with Crippen molar-refractivity contribution in [3.8, 4) is 5.75 Å². The lowest BCUT2D eigenvalue weighted by molar-refractivity contribution is -0.116. The number of hydrogen-bond acceptors (Lipinski definition) is 4. The van der Waals surface area contributed by atoms with E-state index < -0.39 is 21.3 Å². The van der Waals surface area contributed by atoms with Crippen molar-refractivity contribution in [2.45, 2.75) is 5.25 Å². The first-order valence-electron chi connectivity index (χ1n) is 6.38. The first-order chi connectivity index (χ1) is 10.4. The van der Waals surface area contributed by atoms with Crippen molar-refractivity contribution in [2.24, 2.45) is 0 Å². The van der Waals surface area contributed by atoms with Gasteiger partial charge in [-0.3, -0.25) is 9.35 Å². The van der Waals surface area contributed by atoms with Crippen LogP contribution < -0.4 is 10.1 Å². The molecule has 0 fully saturated rings. The number of para-hydroxylation sites is 1. The Morgan fingerprint density at radius 3 is 2.18 bits per heavy atom. The fourth-order valence-electron chi connectivity index (χ4n) is 1.97. The van der Waals surface area contributed by atoms with E-state index in [4.69, 9.17) is 4.74 Å². The second-order valence-electron chi connectivity index (χ2n) is 4.52. The summed E-state index contributed by atoms with van der Waals surface area (Å²) in [6.45, 7) is 0. The minimum Gasteiger partial charge on any atom is -0.497 e. The van der Waals surface area contributed by atoms with Crippen molar-refractivity contribution in [2.75, 3.05) is 12.4 Å². The molecule has 116 valence electrons. The number of anilines is 1. The minimum atomic E-state index is -4.61. The van der Waals surface area contributed by atoms with Crippen molar-refractivity contribution in [1.29, 1.82) is 0 Å². The number of carbonyl (C=O) groups excluding carboxylic acids is 1. The Morgan fingerprint density at radius 2 is 1.68 bits per heavy atom. The lowest BCUT2D eigenvalue weighted by atomic mass is 10.1. The Morgan fingerprint density at radius 1 is 1.09 bits per heavy atom. The number of benzene rings is 2. The molecule has 0 heterocycles. The van der Waals surface area contributed by atoms with Gasteiger partial charge in [-0.05, 0) is 29.8 Å². The molecule has 0 saturated carbocycles. The van der Waals surface area contributed by atoms with Crippen LogP contribution in [0.25, 0.3) is 0 Å². The summed E-state index contributed by atoms with van der Waals surface area (Å²) in [7, 11) is -3.14. The number of nitrogens with one attached hydrogen (secondary N) is 1. The standard InChI is InChI=1S/C15H15NO5S/c1-21-13-9-7-11(8-10-13)14(22(18,19)20)15(17)16-12-5-3-2-4-6-12/h2-10,14H,1H3,(H,16,17)(H,18,19,20). The molecule has 0 aliphatic carbocycles. The van der Waals surface area contributed by atoms with Crippen LogP contribution in [0.1, 0.15) is 10.8 Å². The van der Waals surface area contributed by atoms with Crippen LogP contribution in [-0.4, -0.2) is 26.0 Å². The van der Waals surface area contributed by atoms with Gasteiger partial charge in [-0.25, -0.2) is 0 Å². The minimum absolute atomic E-state index is 0.150. The molecule has 1 unspecified atom stereocenters. The van der Waals surface area contributed by atoms with Crippen molar-refractivity contribution < 1.29 is 22.5 Å². The number of ether oxygens (including phenoxy) is 1. The highest BCUT2D eigenvalue weighted by molar-refractivity contribution is 7.86. The van der Waals surface area contributed by atoms with Crippen molar-refractivity contribution in [3.63, 3.8) is 0 Å². The summed E-state index contributed by atoms with van der Waals surface area (Å²) in [6.07, 6.45) is 0. The van der Waals surface area contributed by atoms with Gasteiger partial charge in [-0.2, -0.15) is 8.42 Å². The first kappa shape index (κ1) is 16.0. The molecule has 0 radical (unpaired) electrons. The summed E-state index contributed by atoms with van der Waals surface area (Å²) in [6, 6.07) is 14.3. The van der Waals surface area contributed by atoms with E-state index in [1.165, 1.54) is 31.4 Å². The van der Waals surface area contributed by atoms with E-state index in [0.717, 1.165) is 0 Å². The van der Waals surface area contributed by atoms with E-state index in [9.17, 15) is 17.8 Å². The van der Waals surface area contributed by atoms with Crippen molar-refractivity contribution in [1.82, 2.24) is 0 Å². The van der Waals surface area contributed by atoms with Crippen molar-refractivity contribution in [3.05, 3.63) is 60.2 Å². The molecule has 22 heavy (non-hydrogen) atoms. The maximum absolute atomic E-state index is 12.2. The van der Waals surface area contributed by atoms with Crippen LogP contribution in [-0.2, 0) is 14.9 Å². The summed E-state index contributed by atoms with van der Waals surface area (Å²) in [5, 5.41) is 0.757. The Labute approximate surface area is 128 Å². The third-order valence-electron chi connectivity index (χ3n) is 3.00. The number of rotatable bonds is 5. The molecule has 0 aliphatic rings. The SMILES string of the molecule is COc1ccc(C(C(=O)Nc2ccccc2)S(=O)(=O)O)cc1. The van der Waals surface area contributed by atoms with Crippen molar-refractivity contribution >= 4 is 21.7 Å². The average molecular weight is 321 g/mol. The van der Waals surface area contributed by atoms with Gasteiger partial charge in [0.15, 0.2) is 5.25 Å². The van der Waals surface area contributed by atoms with Gasteiger partial charge in [0.1, 0.15) is 5.75 Å². The highest BCUT2D eigenvalue weighted by atomic mass is 32.2. The molecule has 0 saturated heterocycles.